The van der Waals surface area contributed by atoms with Gasteiger partial charge in [0, 0.05) is 5.56 Å². The normalized spacial score (nSPS) is 17.1. The molecule has 8 nitrogen and oxygen atoms in total. The highest BCUT2D eigenvalue weighted by Gasteiger charge is 2.48. The lowest BCUT2D eigenvalue weighted by Gasteiger charge is -2.23. The van der Waals surface area contributed by atoms with Crippen LogP contribution in [-0.4, -0.2) is 40.2 Å². The van der Waals surface area contributed by atoms with Crippen molar-refractivity contribution in [1.82, 2.24) is 10.2 Å². The Balaban J connectivity index is 1.85. The fourth-order valence-corrected chi connectivity index (χ4v) is 4.68. The third-order valence-corrected chi connectivity index (χ3v) is 6.59. The van der Waals surface area contributed by atoms with Crippen molar-refractivity contribution in [3.8, 4) is 11.5 Å². The Morgan fingerprint density at radius 2 is 1.83 bits per heavy atom. The van der Waals surface area contributed by atoms with Crippen LogP contribution in [0.3, 0.4) is 0 Å². The van der Waals surface area contributed by atoms with E-state index in [0.29, 0.717) is 46.8 Å². The van der Waals surface area contributed by atoms with Crippen molar-refractivity contribution in [2.45, 2.75) is 40.2 Å². The van der Waals surface area contributed by atoms with E-state index in [1.54, 1.807) is 49.4 Å². The zero-order valence-corrected chi connectivity index (χ0v) is 21.5. The molecule has 0 aliphatic carbocycles. The Hall–Kier alpha value is -3.72. The number of nitrogens with zero attached hydrogens (tertiary/aromatic N) is 3. The summed E-state index contributed by atoms with van der Waals surface area (Å²) >= 11 is 1.20. The molecular formula is C27H29N3O5S. The number of Topliss-reactive ketones (excluding diaryl/α,β-unsaturated/α-hetero) is 1. The molecule has 36 heavy (non-hydrogen) atoms. The number of aliphatic hydroxyl groups is 1. The Morgan fingerprint density at radius 1 is 1.08 bits per heavy atom. The fraction of sp³-hybridized carbons (Fsp3) is 0.333. The standard InChI is InChI=1S/C27H29N3O5S/c1-5-34-21-15-19(11-12-20(21)35-14-13-16(2)3)23-22(24(31)18-9-7-6-8-10-18)25(32)26(33)30(23)27-29-28-17(4)36-27/h6-12,15-16,23,31H,5,13-14H2,1-4H3. The molecule has 1 aromatic heterocycles. The van der Waals surface area contributed by atoms with Gasteiger partial charge in [0.05, 0.1) is 24.8 Å². The summed E-state index contributed by atoms with van der Waals surface area (Å²) in [6.45, 7) is 8.84. The highest BCUT2D eigenvalue weighted by molar-refractivity contribution is 7.15. The van der Waals surface area contributed by atoms with Crippen LogP contribution in [0.15, 0.2) is 54.1 Å². The number of hydrogen-bond donors (Lipinski definition) is 1. The maximum atomic E-state index is 13.3. The average Bonchev–Trinajstić information content (AvgIpc) is 3.40. The van der Waals surface area contributed by atoms with Gasteiger partial charge in [-0.15, -0.1) is 10.2 Å². The third-order valence-electron chi connectivity index (χ3n) is 5.75. The second kappa shape index (κ2) is 10.9. The first kappa shape index (κ1) is 25.4. The molecule has 1 N–H and O–H groups in total. The Labute approximate surface area is 214 Å². The minimum absolute atomic E-state index is 0.0185. The number of amides is 1. The lowest BCUT2D eigenvalue weighted by Crippen LogP contribution is -2.29. The summed E-state index contributed by atoms with van der Waals surface area (Å²) in [5, 5.41) is 20.3. The second-order valence-electron chi connectivity index (χ2n) is 8.81. The highest BCUT2D eigenvalue weighted by atomic mass is 32.1. The van der Waals surface area contributed by atoms with Gasteiger partial charge in [0.15, 0.2) is 11.5 Å². The molecule has 0 bridgehead atoms. The van der Waals surface area contributed by atoms with Crippen molar-refractivity contribution in [2.24, 2.45) is 5.92 Å². The van der Waals surface area contributed by atoms with Gasteiger partial charge in [0.1, 0.15) is 10.8 Å². The molecular weight excluding hydrogens is 478 g/mol. The minimum Gasteiger partial charge on any atom is -0.507 e. The van der Waals surface area contributed by atoms with E-state index in [2.05, 4.69) is 24.0 Å². The summed E-state index contributed by atoms with van der Waals surface area (Å²) in [5.41, 5.74) is 1.00. The molecule has 0 saturated carbocycles. The van der Waals surface area contributed by atoms with Gasteiger partial charge in [-0.2, -0.15) is 0 Å². The molecule has 1 saturated heterocycles. The van der Waals surface area contributed by atoms with Gasteiger partial charge < -0.3 is 14.6 Å². The highest BCUT2D eigenvalue weighted by Crippen LogP contribution is 2.44. The van der Waals surface area contributed by atoms with Crippen LogP contribution in [0.2, 0.25) is 0 Å². The number of hydrogen-bond acceptors (Lipinski definition) is 8. The number of ketones is 1. The van der Waals surface area contributed by atoms with Crippen LogP contribution in [0.25, 0.3) is 5.76 Å². The van der Waals surface area contributed by atoms with Crippen LogP contribution in [-0.2, 0) is 9.59 Å². The summed E-state index contributed by atoms with van der Waals surface area (Å²) in [7, 11) is 0. The molecule has 9 heteroatoms. The van der Waals surface area contributed by atoms with Gasteiger partial charge in [-0.3, -0.25) is 14.5 Å². The van der Waals surface area contributed by atoms with Crippen LogP contribution in [0.5, 0.6) is 11.5 Å². The fourth-order valence-electron chi connectivity index (χ4n) is 3.97. The number of aromatic nitrogens is 2. The van der Waals surface area contributed by atoms with E-state index in [9.17, 15) is 14.7 Å². The van der Waals surface area contributed by atoms with Crippen LogP contribution >= 0.6 is 11.3 Å². The van der Waals surface area contributed by atoms with Gasteiger partial charge >= 0.3 is 5.91 Å². The predicted molar refractivity (Wildman–Crippen MR) is 138 cm³/mol. The van der Waals surface area contributed by atoms with Crippen molar-refractivity contribution < 1.29 is 24.2 Å². The predicted octanol–water partition coefficient (Wildman–Crippen LogP) is 5.30. The zero-order valence-electron chi connectivity index (χ0n) is 20.7. The van der Waals surface area contributed by atoms with Crippen molar-refractivity contribution >= 4 is 33.9 Å². The van der Waals surface area contributed by atoms with Crippen molar-refractivity contribution in [3.05, 3.63) is 70.2 Å². The number of aryl methyl sites for hydroxylation is 1. The maximum absolute atomic E-state index is 13.3. The molecule has 1 aliphatic heterocycles. The number of anilines is 1. The van der Waals surface area contributed by atoms with Crippen LogP contribution in [0.4, 0.5) is 5.13 Å². The van der Waals surface area contributed by atoms with Gasteiger partial charge in [-0.1, -0.05) is 61.6 Å². The molecule has 1 amide bonds. The summed E-state index contributed by atoms with van der Waals surface area (Å²) < 4.78 is 11.8. The first-order valence-electron chi connectivity index (χ1n) is 11.9. The van der Waals surface area contributed by atoms with Crippen LogP contribution in [0, 0.1) is 12.8 Å². The molecule has 1 fully saturated rings. The molecule has 0 radical (unpaired) electrons. The summed E-state index contributed by atoms with van der Waals surface area (Å²) in [6.07, 6.45) is 0.890. The molecule has 1 atom stereocenters. The topological polar surface area (TPSA) is 102 Å². The van der Waals surface area contributed by atoms with Crippen LogP contribution in [0.1, 0.15) is 49.4 Å². The molecule has 1 aliphatic rings. The van der Waals surface area contributed by atoms with E-state index in [4.69, 9.17) is 9.47 Å². The number of carbonyl (C=O) groups is 2. The maximum Gasteiger partial charge on any atom is 0.301 e. The number of aliphatic hydroxyl groups excluding tert-OH is 1. The Kier molecular flexibility index (Phi) is 7.69. The Bertz CT molecular complexity index is 1290. The lowest BCUT2D eigenvalue weighted by molar-refractivity contribution is -0.132. The second-order valence-corrected chi connectivity index (χ2v) is 9.97. The Morgan fingerprint density at radius 3 is 2.47 bits per heavy atom. The summed E-state index contributed by atoms with van der Waals surface area (Å²) in [5.74, 6) is -0.246. The third kappa shape index (κ3) is 5.11. The lowest BCUT2D eigenvalue weighted by atomic mass is 9.95. The molecule has 0 spiro atoms. The van der Waals surface area contributed by atoms with E-state index in [1.165, 1.54) is 16.2 Å². The van der Waals surface area contributed by atoms with Crippen molar-refractivity contribution in [3.63, 3.8) is 0 Å². The number of rotatable bonds is 9. The smallest absolute Gasteiger partial charge is 0.301 e. The number of ether oxygens (including phenoxy) is 2. The van der Waals surface area contributed by atoms with E-state index in [-0.39, 0.29) is 16.5 Å². The molecule has 3 aromatic rings. The monoisotopic (exact) mass is 507 g/mol. The molecule has 188 valence electrons. The van der Waals surface area contributed by atoms with E-state index >= 15 is 0 Å². The van der Waals surface area contributed by atoms with Crippen molar-refractivity contribution in [2.75, 3.05) is 18.1 Å². The molecule has 2 heterocycles. The van der Waals surface area contributed by atoms with Crippen molar-refractivity contribution in [1.29, 1.82) is 0 Å². The SMILES string of the molecule is CCOc1cc(C2C(=C(O)c3ccccc3)C(=O)C(=O)N2c2nnc(C)s2)ccc1OCCC(C)C. The quantitative estimate of drug-likeness (QED) is 0.238. The van der Waals surface area contributed by atoms with Gasteiger partial charge in [0.25, 0.3) is 5.78 Å². The molecule has 4 rings (SSSR count). The number of benzene rings is 2. The summed E-state index contributed by atoms with van der Waals surface area (Å²) in [4.78, 5) is 27.8. The zero-order chi connectivity index (χ0) is 25.8. The van der Waals surface area contributed by atoms with Crippen LogP contribution < -0.4 is 14.4 Å². The largest absolute Gasteiger partial charge is 0.507 e. The minimum atomic E-state index is -0.915. The molecule has 2 aromatic carbocycles. The van der Waals surface area contributed by atoms with E-state index in [0.717, 1.165) is 6.42 Å². The number of carbonyl (C=O) groups excluding carboxylic acids is 2. The van der Waals surface area contributed by atoms with Gasteiger partial charge in [-0.25, -0.2) is 0 Å². The van der Waals surface area contributed by atoms with E-state index < -0.39 is 17.7 Å². The van der Waals surface area contributed by atoms with Gasteiger partial charge in [-0.05, 0) is 43.9 Å². The van der Waals surface area contributed by atoms with Gasteiger partial charge in [0.2, 0.25) is 5.13 Å². The summed E-state index contributed by atoms with van der Waals surface area (Å²) in [6, 6.07) is 13.1. The van der Waals surface area contributed by atoms with E-state index in [1.807, 2.05) is 13.0 Å². The first-order chi connectivity index (χ1) is 17.3. The molecule has 1 unspecified atom stereocenters. The first-order valence-corrected chi connectivity index (χ1v) is 12.7. The average molecular weight is 508 g/mol.